The lowest BCUT2D eigenvalue weighted by Gasteiger charge is -2.19. The van der Waals surface area contributed by atoms with Crippen LogP contribution in [0.25, 0.3) is 0 Å². The molecular weight excluding hydrogens is 454 g/mol. The molecule has 8 heteroatoms. The van der Waals surface area contributed by atoms with E-state index in [0.717, 1.165) is 17.5 Å². The van der Waals surface area contributed by atoms with Crippen molar-refractivity contribution in [3.05, 3.63) is 98.4 Å². The summed E-state index contributed by atoms with van der Waals surface area (Å²) in [7, 11) is 0. The summed E-state index contributed by atoms with van der Waals surface area (Å²) in [6.45, 7) is 4.17. The molecule has 7 nitrogen and oxygen atoms in total. The zero-order chi connectivity index (χ0) is 24.7. The first-order valence-electron chi connectivity index (χ1n) is 11.1. The van der Waals surface area contributed by atoms with Gasteiger partial charge in [-0.1, -0.05) is 73.0 Å². The van der Waals surface area contributed by atoms with Crippen molar-refractivity contribution in [3.63, 3.8) is 0 Å². The van der Waals surface area contributed by atoms with Gasteiger partial charge in [-0.15, -0.1) is 0 Å². The second-order valence-corrected chi connectivity index (χ2v) is 8.56. The number of hydrogen-bond acceptors (Lipinski definition) is 3. The number of carboxylic acids is 1. The van der Waals surface area contributed by atoms with Gasteiger partial charge in [-0.05, 0) is 42.2 Å². The molecule has 0 aliphatic rings. The van der Waals surface area contributed by atoms with Crippen LogP contribution < -0.4 is 16.2 Å². The number of carboxylic acid groups (broad SMARTS) is 1. The van der Waals surface area contributed by atoms with Gasteiger partial charge in [0.25, 0.3) is 5.56 Å². The summed E-state index contributed by atoms with van der Waals surface area (Å²) in [6.07, 6.45) is 2.80. The first-order valence-corrected chi connectivity index (χ1v) is 11.5. The Morgan fingerprint density at radius 1 is 1.06 bits per heavy atom. The third-order valence-electron chi connectivity index (χ3n) is 5.47. The molecule has 1 aromatic heterocycles. The van der Waals surface area contributed by atoms with Crippen molar-refractivity contribution in [2.75, 3.05) is 5.32 Å². The molecule has 2 aromatic carbocycles. The van der Waals surface area contributed by atoms with Gasteiger partial charge in [0.1, 0.15) is 5.69 Å². The topological polar surface area (TPSA) is 100 Å². The van der Waals surface area contributed by atoms with E-state index >= 15 is 0 Å². The summed E-state index contributed by atoms with van der Waals surface area (Å²) in [5.41, 5.74) is 3.00. The van der Waals surface area contributed by atoms with Gasteiger partial charge in [0, 0.05) is 11.2 Å². The minimum absolute atomic E-state index is 0.173. The Hall–Kier alpha value is -3.58. The molecule has 34 heavy (non-hydrogen) atoms. The third kappa shape index (κ3) is 6.48. The highest BCUT2D eigenvalue weighted by molar-refractivity contribution is 6.31. The molecule has 3 N–H and O–H groups in total. The van der Waals surface area contributed by atoms with Crippen LogP contribution in [-0.4, -0.2) is 21.7 Å². The zero-order valence-electron chi connectivity index (χ0n) is 19.2. The number of pyridine rings is 1. The Kier molecular flexibility index (Phi) is 8.49. The molecule has 2 amide bonds. The average Bonchev–Trinajstić information content (AvgIpc) is 2.79. The lowest BCUT2D eigenvalue weighted by Crippen LogP contribution is -2.36. The molecule has 3 aromatic rings. The number of halogens is 1. The van der Waals surface area contributed by atoms with Gasteiger partial charge in [-0.3, -0.25) is 9.59 Å². The number of aromatic nitrogens is 1. The summed E-state index contributed by atoms with van der Waals surface area (Å²) in [5.74, 6) is -1.04. The third-order valence-corrected chi connectivity index (χ3v) is 5.84. The molecule has 0 radical (unpaired) electrons. The van der Waals surface area contributed by atoms with Crippen LogP contribution in [0.5, 0.6) is 0 Å². The monoisotopic (exact) mass is 481 g/mol. The second kappa shape index (κ2) is 11.5. The van der Waals surface area contributed by atoms with E-state index in [0.29, 0.717) is 22.6 Å². The molecule has 178 valence electrons. The van der Waals surface area contributed by atoms with Gasteiger partial charge in [0.2, 0.25) is 0 Å². The number of amides is 2. The first-order chi connectivity index (χ1) is 16.3. The molecule has 0 aliphatic heterocycles. The van der Waals surface area contributed by atoms with Crippen LogP contribution in [0.2, 0.25) is 5.02 Å². The molecule has 0 unspecified atom stereocenters. The number of rotatable bonds is 9. The Morgan fingerprint density at radius 2 is 1.76 bits per heavy atom. The van der Waals surface area contributed by atoms with Gasteiger partial charge in [-0.25, -0.2) is 4.79 Å². The smallest absolute Gasteiger partial charge is 0.319 e. The number of anilines is 1. The number of nitrogens with zero attached hydrogens (tertiary/aromatic N) is 1. The van der Waals surface area contributed by atoms with Crippen molar-refractivity contribution in [2.24, 2.45) is 0 Å². The van der Waals surface area contributed by atoms with E-state index < -0.39 is 18.0 Å². The fourth-order valence-corrected chi connectivity index (χ4v) is 3.89. The summed E-state index contributed by atoms with van der Waals surface area (Å²) in [5, 5.41) is 15.3. The first kappa shape index (κ1) is 25.1. The van der Waals surface area contributed by atoms with Crippen molar-refractivity contribution in [1.82, 2.24) is 9.88 Å². The fraction of sp³-hybridized carbons (Fsp3) is 0.269. The summed E-state index contributed by atoms with van der Waals surface area (Å²) < 4.78 is 1.49. The number of aliphatic carboxylic acids is 1. The van der Waals surface area contributed by atoms with Crippen LogP contribution in [0.4, 0.5) is 10.5 Å². The van der Waals surface area contributed by atoms with Gasteiger partial charge in [-0.2, -0.15) is 0 Å². The number of urea groups is 1. The van der Waals surface area contributed by atoms with Gasteiger partial charge in [0.15, 0.2) is 0 Å². The highest BCUT2D eigenvalue weighted by Gasteiger charge is 2.20. The standard InChI is InChI=1S/C26H28ClN3O4/c1-3-6-19-13-14-30(16-20-7-4-5-8-21(20)27)25(33)24(19)29-26(34)28-22(15-23(31)32)18-11-9-17(2)10-12-18/h4-5,7-14,22H,3,6,15-16H2,1-2H3,(H,31,32)(H2,28,29,34)/t22-/m0/s1. The van der Waals surface area contributed by atoms with E-state index in [1.54, 1.807) is 24.4 Å². The Labute approximate surface area is 203 Å². The highest BCUT2D eigenvalue weighted by atomic mass is 35.5. The maximum atomic E-state index is 13.3. The quantitative estimate of drug-likeness (QED) is 0.393. The Morgan fingerprint density at radius 3 is 2.41 bits per heavy atom. The van der Waals surface area contributed by atoms with Crippen LogP contribution in [-0.2, 0) is 17.8 Å². The molecule has 0 saturated heterocycles. The van der Waals surface area contributed by atoms with E-state index in [-0.39, 0.29) is 24.2 Å². The average molecular weight is 482 g/mol. The summed E-state index contributed by atoms with van der Waals surface area (Å²) >= 11 is 6.26. The Balaban J connectivity index is 1.87. The number of benzene rings is 2. The molecule has 3 rings (SSSR count). The number of carbonyl (C=O) groups is 2. The normalized spacial score (nSPS) is 11.6. The molecule has 0 saturated carbocycles. The van der Waals surface area contributed by atoms with E-state index in [2.05, 4.69) is 10.6 Å². The van der Waals surface area contributed by atoms with E-state index in [4.69, 9.17) is 11.6 Å². The molecule has 0 bridgehead atoms. The zero-order valence-corrected chi connectivity index (χ0v) is 19.9. The van der Waals surface area contributed by atoms with E-state index in [1.807, 2.05) is 50.2 Å². The molecule has 0 aliphatic carbocycles. The molecule has 0 fully saturated rings. The molecule has 1 heterocycles. The van der Waals surface area contributed by atoms with Crippen molar-refractivity contribution in [2.45, 2.75) is 45.7 Å². The van der Waals surface area contributed by atoms with Crippen LogP contribution >= 0.6 is 11.6 Å². The number of hydrogen-bond donors (Lipinski definition) is 3. The van der Waals surface area contributed by atoms with Crippen LogP contribution in [0, 0.1) is 6.92 Å². The maximum absolute atomic E-state index is 13.3. The number of nitrogens with one attached hydrogen (secondary N) is 2. The maximum Gasteiger partial charge on any atom is 0.319 e. The minimum Gasteiger partial charge on any atom is -0.481 e. The van der Waals surface area contributed by atoms with E-state index in [9.17, 15) is 19.5 Å². The number of carbonyl (C=O) groups excluding carboxylic acids is 1. The lowest BCUT2D eigenvalue weighted by molar-refractivity contribution is -0.137. The molecule has 0 spiro atoms. The predicted octanol–water partition coefficient (Wildman–Crippen LogP) is 5.15. The SMILES string of the molecule is CCCc1ccn(Cc2ccccc2Cl)c(=O)c1NC(=O)N[C@@H](CC(=O)O)c1ccc(C)cc1. The van der Waals surface area contributed by atoms with Crippen LogP contribution in [0.3, 0.4) is 0 Å². The number of aryl methyl sites for hydroxylation is 2. The van der Waals surface area contributed by atoms with E-state index in [1.165, 1.54) is 4.57 Å². The lowest BCUT2D eigenvalue weighted by atomic mass is 10.0. The van der Waals surface area contributed by atoms with Crippen molar-refractivity contribution >= 4 is 29.3 Å². The largest absolute Gasteiger partial charge is 0.481 e. The van der Waals surface area contributed by atoms with Gasteiger partial charge < -0.3 is 20.3 Å². The van der Waals surface area contributed by atoms with Crippen LogP contribution in [0.15, 0.2) is 65.6 Å². The van der Waals surface area contributed by atoms with Crippen molar-refractivity contribution in [1.29, 1.82) is 0 Å². The van der Waals surface area contributed by atoms with Crippen molar-refractivity contribution in [3.8, 4) is 0 Å². The predicted molar refractivity (Wildman–Crippen MR) is 134 cm³/mol. The highest BCUT2D eigenvalue weighted by Crippen LogP contribution is 2.20. The van der Waals surface area contributed by atoms with Crippen molar-refractivity contribution < 1.29 is 14.7 Å². The fourth-order valence-electron chi connectivity index (χ4n) is 3.69. The van der Waals surface area contributed by atoms with Gasteiger partial charge >= 0.3 is 12.0 Å². The van der Waals surface area contributed by atoms with Crippen LogP contribution in [0.1, 0.15) is 48.1 Å². The second-order valence-electron chi connectivity index (χ2n) is 8.15. The molecular formula is C26H28ClN3O4. The van der Waals surface area contributed by atoms with Gasteiger partial charge in [0.05, 0.1) is 19.0 Å². The molecule has 1 atom stereocenters. The summed E-state index contributed by atoms with van der Waals surface area (Å²) in [6, 6.07) is 15.0. The minimum atomic E-state index is -1.04. The summed E-state index contributed by atoms with van der Waals surface area (Å²) in [4.78, 5) is 37.6. The Bertz CT molecular complexity index is 1220.